The molecule has 28 heavy (non-hydrogen) atoms. The maximum atomic E-state index is 13.6. The van der Waals surface area contributed by atoms with Gasteiger partial charge in [0, 0.05) is 27.4 Å². The maximum absolute atomic E-state index is 13.6. The molecule has 1 aromatic heterocycles. The molecule has 0 saturated carbocycles. The molecule has 0 aliphatic rings. The first-order valence-corrected chi connectivity index (χ1v) is 8.69. The van der Waals surface area contributed by atoms with Crippen LogP contribution in [0.5, 0.6) is 5.88 Å². The molecule has 3 aromatic rings. The van der Waals surface area contributed by atoms with E-state index in [-0.39, 0.29) is 33.9 Å². The van der Waals surface area contributed by atoms with E-state index >= 15 is 0 Å². The van der Waals surface area contributed by atoms with Crippen LogP contribution in [0.15, 0.2) is 65.7 Å². The quantitative estimate of drug-likeness (QED) is 0.413. The fraction of sp³-hybridized carbons (Fsp3) is 0. The molecule has 1 amide bonds. The Kier molecular flexibility index (Phi) is 6.08. The molecule has 3 rings (SSSR count). The first-order chi connectivity index (χ1) is 13.4. The Labute approximate surface area is 169 Å². The molecule has 2 aromatic carbocycles. The highest BCUT2D eigenvalue weighted by molar-refractivity contribution is 6.31. The van der Waals surface area contributed by atoms with E-state index in [9.17, 15) is 14.3 Å². The largest absolute Gasteiger partial charge is 0.493 e. The summed E-state index contributed by atoms with van der Waals surface area (Å²) in [6, 6.07) is 14.6. The number of amides is 1. The molecule has 0 radical (unpaired) electrons. The first-order valence-electron chi connectivity index (χ1n) is 7.94. The van der Waals surface area contributed by atoms with Crippen LogP contribution in [0.1, 0.15) is 10.4 Å². The highest BCUT2D eigenvalue weighted by Crippen LogP contribution is 2.19. The van der Waals surface area contributed by atoms with Gasteiger partial charge in [-0.1, -0.05) is 35.3 Å². The second-order valence-corrected chi connectivity index (χ2v) is 6.44. The molecule has 0 spiro atoms. The number of aromatic nitrogens is 1. The van der Waals surface area contributed by atoms with Crippen molar-refractivity contribution < 1.29 is 14.3 Å². The fourth-order valence-corrected chi connectivity index (χ4v) is 2.66. The minimum atomic E-state index is -0.597. The molecule has 0 aliphatic carbocycles. The van der Waals surface area contributed by atoms with E-state index in [0.29, 0.717) is 5.02 Å². The van der Waals surface area contributed by atoms with Crippen LogP contribution < -0.4 is 10.6 Å². The molecule has 0 bridgehead atoms. The van der Waals surface area contributed by atoms with Gasteiger partial charge in [-0.05, 0) is 42.5 Å². The Morgan fingerprint density at radius 3 is 2.50 bits per heavy atom. The predicted molar refractivity (Wildman–Crippen MR) is 108 cm³/mol. The molecule has 0 atom stereocenters. The van der Waals surface area contributed by atoms with E-state index in [1.165, 1.54) is 24.3 Å². The Balaban J connectivity index is 1.94. The van der Waals surface area contributed by atoms with Crippen molar-refractivity contribution in [3.05, 3.63) is 82.1 Å². The minimum absolute atomic E-state index is 0.0512. The van der Waals surface area contributed by atoms with Crippen molar-refractivity contribution in [1.82, 2.24) is 4.98 Å². The van der Waals surface area contributed by atoms with Gasteiger partial charge in [-0.3, -0.25) is 4.79 Å². The molecule has 0 fully saturated rings. The summed E-state index contributed by atoms with van der Waals surface area (Å²) in [4.78, 5) is 20.3. The number of rotatable bonds is 3. The monoisotopic (exact) mass is 418 g/mol. The second kappa shape index (κ2) is 8.69. The number of aromatic hydroxyl groups is 1. The molecule has 0 saturated heterocycles. The Bertz CT molecular complexity index is 1040. The number of guanidine groups is 1. The standard InChI is InChI=1S/C19H13Cl2FN4O2/c20-12-4-1-3-11(7-12)18(28)26-19(25-16-5-2-6-17(27)24-16)23-15-9-13(21)8-14(22)10-15/h1-10H,(H3,23,24,25,26,27,28). The van der Waals surface area contributed by atoms with Crippen LogP contribution in [0.25, 0.3) is 0 Å². The minimum Gasteiger partial charge on any atom is -0.493 e. The molecule has 1 heterocycles. The highest BCUT2D eigenvalue weighted by atomic mass is 35.5. The van der Waals surface area contributed by atoms with Crippen LogP contribution in [0.4, 0.5) is 15.9 Å². The summed E-state index contributed by atoms with van der Waals surface area (Å²) in [5.74, 6) is -1.22. The van der Waals surface area contributed by atoms with Gasteiger partial charge in [0.15, 0.2) is 0 Å². The third-order valence-corrected chi connectivity index (χ3v) is 3.84. The van der Waals surface area contributed by atoms with Crippen molar-refractivity contribution >= 4 is 46.6 Å². The summed E-state index contributed by atoms with van der Waals surface area (Å²) in [7, 11) is 0. The summed E-state index contributed by atoms with van der Waals surface area (Å²) in [6.45, 7) is 0. The average Bonchev–Trinajstić information content (AvgIpc) is 2.60. The number of anilines is 2. The lowest BCUT2D eigenvalue weighted by Gasteiger charge is -2.12. The summed E-state index contributed by atoms with van der Waals surface area (Å²) in [6.07, 6.45) is 0. The van der Waals surface area contributed by atoms with Crippen LogP contribution in [0.3, 0.4) is 0 Å². The van der Waals surface area contributed by atoms with Crippen LogP contribution in [-0.2, 0) is 0 Å². The van der Waals surface area contributed by atoms with Crippen molar-refractivity contribution in [2.75, 3.05) is 10.6 Å². The Morgan fingerprint density at radius 2 is 1.79 bits per heavy atom. The predicted octanol–water partition coefficient (Wildman–Crippen LogP) is 4.95. The zero-order chi connectivity index (χ0) is 20.1. The average molecular weight is 419 g/mol. The third kappa shape index (κ3) is 5.42. The second-order valence-electron chi connectivity index (χ2n) is 5.57. The number of pyridine rings is 1. The number of nitrogens with zero attached hydrogens (tertiary/aromatic N) is 2. The van der Waals surface area contributed by atoms with Gasteiger partial charge >= 0.3 is 0 Å². The lowest BCUT2D eigenvalue weighted by molar-refractivity contribution is 0.100. The number of aliphatic imine (C=N–C) groups is 1. The van der Waals surface area contributed by atoms with Crippen molar-refractivity contribution in [2.24, 2.45) is 4.99 Å². The first kappa shape index (κ1) is 19.6. The molecule has 0 aliphatic heterocycles. The number of benzene rings is 2. The molecule has 142 valence electrons. The topological polar surface area (TPSA) is 86.6 Å². The van der Waals surface area contributed by atoms with Crippen LogP contribution in [-0.4, -0.2) is 22.0 Å². The summed E-state index contributed by atoms with van der Waals surface area (Å²) < 4.78 is 13.6. The van der Waals surface area contributed by atoms with Crippen molar-refractivity contribution in [1.29, 1.82) is 0 Å². The van der Waals surface area contributed by atoms with E-state index in [0.717, 1.165) is 6.07 Å². The van der Waals surface area contributed by atoms with Gasteiger partial charge in [-0.2, -0.15) is 9.98 Å². The number of carbonyl (C=O) groups excluding carboxylic acids is 1. The summed E-state index contributed by atoms with van der Waals surface area (Å²) >= 11 is 11.8. The highest BCUT2D eigenvalue weighted by Gasteiger charge is 2.10. The van der Waals surface area contributed by atoms with Gasteiger partial charge in [0.2, 0.25) is 11.8 Å². The van der Waals surface area contributed by atoms with E-state index in [1.807, 2.05) is 0 Å². The summed E-state index contributed by atoms with van der Waals surface area (Å²) in [5, 5.41) is 15.6. The molecule has 0 unspecified atom stereocenters. The SMILES string of the molecule is O=C(/N=C(/Nc1cc(F)cc(Cl)c1)Nc1cccc(O)n1)c1cccc(Cl)c1. The fourth-order valence-electron chi connectivity index (χ4n) is 2.25. The Hall–Kier alpha value is -3.16. The molecule has 9 heteroatoms. The number of carbonyl (C=O) groups is 1. The normalized spacial score (nSPS) is 11.2. The van der Waals surface area contributed by atoms with E-state index < -0.39 is 11.7 Å². The van der Waals surface area contributed by atoms with Gasteiger partial charge in [-0.15, -0.1) is 0 Å². The van der Waals surface area contributed by atoms with Gasteiger partial charge in [0.25, 0.3) is 5.91 Å². The molecular weight excluding hydrogens is 406 g/mol. The van der Waals surface area contributed by atoms with E-state index in [1.54, 1.807) is 30.3 Å². The van der Waals surface area contributed by atoms with Gasteiger partial charge in [0.1, 0.15) is 11.6 Å². The van der Waals surface area contributed by atoms with Gasteiger partial charge in [0.05, 0.1) is 0 Å². The van der Waals surface area contributed by atoms with Crippen LogP contribution in [0.2, 0.25) is 10.0 Å². The van der Waals surface area contributed by atoms with E-state index in [4.69, 9.17) is 23.2 Å². The zero-order valence-electron chi connectivity index (χ0n) is 14.2. The van der Waals surface area contributed by atoms with Crippen molar-refractivity contribution in [2.45, 2.75) is 0 Å². The van der Waals surface area contributed by atoms with Crippen molar-refractivity contribution in [3.8, 4) is 5.88 Å². The van der Waals surface area contributed by atoms with Crippen LogP contribution >= 0.6 is 23.2 Å². The van der Waals surface area contributed by atoms with Gasteiger partial charge in [-0.25, -0.2) is 4.39 Å². The smallest absolute Gasteiger partial charge is 0.280 e. The summed E-state index contributed by atoms with van der Waals surface area (Å²) in [5.41, 5.74) is 0.519. The lowest BCUT2D eigenvalue weighted by atomic mass is 10.2. The zero-order valence-corrected chi connectivity index (χ0v) is 15.7. The molecule has 6 nitrogen and oxygen atoms in total. The number of nitrogens with one attached hydrogen (secondary N) is 2. The number of hydrogen-bond donors (Lipinski definition) is 3. The molecule has 3 N–H and O–H groups in total. The maximum Gasteiger partial charge on any atom is 0.280 e. The number of hydrogen-bond acceptors (Lipinski definition) is 3. The molecular formula is C19H13Cl2FN4O2. The van der Waals surface area contributed by atoms with E-state index in [2.05, 4.69) is 20.6 Å². The lowest BCUT2D eigenvalue weighted by Crippen LogP contribution is -2.24. The Morgan fingerprint density at radius 1 is 1.00 bits per heavy atom. The van der Waals surface area contributed by atoms with Crippen molar-refractivity contribution in [3.63, 3.8) is 0 Å². The third-order valence-electron chi connectivity index (χ3n) is 3.39. The van der Waals surface area contributed by atoms with Crippen LogP contribution in [0, 0.1) is 5.82 Å². The number of halogens is 3. The van der Waals surface area contributed by atoms with Gasteiger partial charge < -0.3 is 15.7 Å².